The van der Waals surface area contributed by atoms with Crippen molar-refractivity contribution in [3.8, 4) is 0 Å². The van der Waals surface area contributed by atoms with E-state index in [0.717, 1.165) is 5.69 Å². The number of aliphatic carboxylic acids is 1. The van der Waals surface area contributed by atoms with Crippen LogP contribution in [-0.4, -0.2) is 37.1 Å². The fraction of sp³-hybridized carbons (Fsp3) is 0.467. The van der Waals surface area contributed by atoms with Crippen LogP contribution in [0.1, 0.15) is 31.1 Å². The van der Waals surface area contributed by atoms with Crippen molar-refractivity contribution in [1.29, 1.82) is 0 Å². The second-order valence-electron chi connectivity index (χ2n) is 6.05. The van der Waals surface area contributed by atoms with Gasteiger partial charge in [0.1, 0.15) is 6.04 Å². The maximum atomic E-state index is 12.1. The molecule has 20 heavy (non-hydrogen) atoms. The third kappa shape index (κ3) is 3.98. The van der Waals surface area contributed by atoms with Gasteiger partial charge in [-0.25, -0.2) is 4.79 Å². The number of nitrogens with one attached hydrogen (secondary N) is 1. The Morgan fingerprint density at radius 2 is 1.65 bits per heavy atom. The van der Waals surface area contributed by atoms with Crippen LogP contribution in [0.3, 0.4) is 0 Å². The van der Waals surface area contributed by atoms with Gasteiger partial charge in [-0.2, -0.15) is 0 Å². The number of hydrogen-bond donors (Lipinski definition) is 2. The summed E-state index contributed by atoms with van der Waals surface area (Å²) in [6.07, 6.45) is 0. The third-order valence-electron chi connectivity index (χ3n) is 3.03. The van der Waals surface area contributed by atoms with E-state index in [0.29, 0.717) is 5.56 Å². The smallest absolute Gasteiger partial charge is 0.326 e. The van der Waals surface area contributed by atoms with Gasteiger partial charge in [0.15, 0.2) is 0 Å². The normalized spacial score (nSPS) is 12.7. The standard InChI is InChI=1S/C15H22N2O3/c1-15(2,3)12(14(19)20)16-13(18)10-6-8-11(9-7-10)17(4)5/h6-9,12H,1-5H3,(H,16,18)(H,19,20). The van der Waals surface area contributed by atoms with Crippen molar-refractivity contribution in [2.24, 2.45) is 5.41 Å². The molecule has 0 spiro atoms. The van der Waals surface area contributed by atoms with Gasteiger partial charge in [0, 0.05) is 25.3 Å². The van der Waals surface area contributed by atoms with Gasteiger partial charge in [0.2, 0.25) is 0 Å². The number of hydrogen-bond acceptors (Lipinski definition) is 3. The van der Waals surface area contributed by atoms with E-state index in [1.165, 1.54) is 0 Å². The minimum Gasteiger partial charge on any atom is -0.480 e. The Hall–Kier alpha value is -2.04. The molecule has 0 radical (unpaired) electrons. The molecule has 0 saturated heterocycles. The molecule has 5 heteroatoms. The Morgan fingerprint density at radius 3 is 2.00 bits per heavy atom. The quantitative estimate of drug-likeness (QED) is 0.883. The van der Waals surface area contributed by atoms with Gasteiger partial charge in [-0.05, 0) is 29.7 Å². The van der Waals surface area contributed by atoms with Crippen molar-refractivity contribution >= 4 is 17.6 Å². The molecule has 1 atom stereocenters. The van der Waals surface area contributed by atoms with Gasteiger partial charge in [0.05, 0.1) is 0 Å². The monoisotopic (exact) mass is 278 g/mol. The van der Waals surface area contributed by atoms with Gasteiger partial charge in [-0.15, -0.1) is 0 Å². The zero-order valence-electron chi connectivity index (χ0n) is 12.6. The number of carboxylic acids is 1. The zero-order chi connectivity index (χ0) is 15.5. The molecule has 1 amide bonds. The molecule has 0 aliphatic heterocycles. The summed E-state index contributed by atoms with van der Waals surface area (Å²) in [6, 6.07) is 6.09. The highest BCUT2D eigenvalue weighted by molar-refractivity contribution is 5.97. The van der Waals surface area contributed by atoms with Crippen molar-refractivity contribution in [1.82, 2.24) is 5.32 Å². The fourth-order valence-corrected chi connectivity index (χ4v) is 1.77. The maximum absolute atomic E-state index is 12.1. The summed E-state index contributed by atoms with van der Waals surface area (Å²) in [5.41, 5.74) is 0.878. The topological polar surface area (TPSA) is 69.6 Å². The van der Waals surface area contributed by atoms with E-state index < -0.39 is 17.4 Å². The average molecular weight is 278 g/mol. The van der Waals surface area contributed by atoms with E-state index in [-0.39, 0.29) is 5.91 Å². The molecule has 1 aromatic rings. The molecule has 2 N–H and O–H groups in total. The summed E-state index contributed by atoms with van der Waals surface area (Å²) < 4.78 is 0. The first-order valence-corrected chi connectivity index (χ1v) is 6.44. The van der Waals surface area contributed by atoms with Crippen LogP contribution in [0.15, 0.2) is 24.3 Å². The van der Waals surface area contributed by atoms with Crippen LogP contribution in [0.5, 0.6) is 0 Å². The van der Waals surface area contributed by atoms with Crippen molar-refractivity contribution in [2.45, 2.75) is 26.8 Å². The number of benzene rings is 1. The van der Waals surface area contributed by atoms with Crippen LogP contribution >= 0.6 is 0 Å². The van der Waals surface area contributed by atoms with E-state index >= 15 is 0 Å². The fourth-order valence-electron chi connectivity index (χ4n) is 1.77. The highest BCUT2D eigenvalue weighted by Gasteiger charge is 2.32. The van der Waals surface area contributed by atoms with E-state index in [9.17, 15) is 14.7 Å². The van der Waals surface area contributed by atoms with Gasteiger partial charge in [-0.1, -0.05) is 20.8 Å². The van der Waals surface area contributed by atoms with E-state index in [1.807, 2.05) is 31.1 Å². The van der Waals surface area contributed by atoms with Gasteiger partial charge in [-0.3, -0.25) is 4.79 Å². The lowest BCUT2D eigenvalue weighted by Gasteiger charge is -2.27. The minimum atomic E-state index is -1.03. The first-order valence-electron chi connectivity index (χ1n) is 6.44. The molecular formula is C15H22N2O3. The number of carbonyl (C=O) groups excluding carboxylic acids is 1. The predicted molar refractivity (Wildman–Crippen MR) is 79.1 cm³/mol. The maximum Gasteiger partial charge on any atom is 0.326 e. The van der Waals surface area contributed by atoms with Crippen molar-refractivity contribution in [3.63, 3.8) is 0 Å². The molecule has 1 unspecified atom stereocenters. The van der Waals surface area contributed by atoms with E-state index in [1.54, 1.807) is 32.9 Å². The molecule has 0 bridgehead atoms. The highest BCUT2D eigenvalue weighted by atomic mass is 16.4. The van der Waals surface area contributed by atoms with E-state index in [4.69, 9.17) is 0 Å². The van der Waals surface area contributed by atoms with E-state index in [2.05, 4.69) is 5.32 Å². The van der Waals surface area contributed by atoms with Crippen LogP contribution in [-0.2, 0) is 4.79 Å². The number of carboxylic acid groups (broad SMARTS) is 1. The molecule has 0 aliphatic rings. The van der Waals surface area contributed by atoms with Gasteiger partial charge >= 0.3 is 5.97 Å². The Kier molecular flexibility index (Phi) is 4.76. The predicted octanol–water partition coefficient (Wildman–Crippen LogP) is 1.98. The first-order chi connectivity index (χ1) is 9.12. The number of anilines is 1. The Balaban J connectivity index is 2.87. The van der Waals surface area contributed by atoms with Gasteiger partial charge in [0.25, 0.3) is 5.91 Å². The van der Waals surface area contributed by atoms with Crippen molar-refractivity contribution in [3.05, 3.63) is 29.8 Å². The number of carbonyl (C=O) groups is 2. The second kappa shape index (κ2) is 5.94. The number of rotatable bonds is 4. The summed E-state index contributed by atoms with van der Waals surface area (Å²) >= 11 is 0. The highest BCUT2D eigenvalue weighted by Crippen LogP contribution is 2.20. The summed E-state index contributed by atoms with van der Waals surface area (Å²) in [6.45, 7) is 5.34. The Bertz CT molecular complexity index is 487. The summed E-state index contributed by atoms with van der Waals surface area (Å²) in [4.78, 5) is 25.3. The average Bonchev–Trinajstić information content (AvgIpc) is 2.33. The molecule has 0 aromatic heterocycles. The van der Waals surface area contributed by atoms with Crippen LogP contribution < -0.4 is 10.2 Å². The Labute approximate surface area is 119 Å². The number of amides is 1. The molecule has 5 nitrogen and oxygen atoms in total. The zero-order valence-corrected chi connectivity index (χ0v) is 12.6. The van der Waals surface area contributed by atoms with Gasteiger partial charge < -0.3 is 15.3 Å². The minimum absolute atomic E-state index is 0.377. The molecule has 0 fully saturated rings. The summed E-state index contributed by atoms with van der Waals surface area (Å²) in [5.74, 6) is -1.41. The van der Waals surface area contributed by atoms with Crippen LogP contribution in [0, 0.1) is 5.41 Å². The third-order valence-corrected chi connectivity index (χ3v) is 3.03. The van der Waals surface area contributed by atoms with Crippen LogP contribution in [0.25, 0.3) is 0 Å². The lowest BCUT2D eigenvalue weighted by molar-refractivity contribution is -0.142. The SMILES string of the molecule is CN(C)c1ccc(C(=O)NC(C(=O)O)C(C)(C)C)cc1. The van der Waals surface area contributed by atoms with Crippen LogP contribution in [0.2, 0.25) is 0 Å². The van der Waals surface area contributed by atoms with Crippen molar-refractivity contribution < 1.29 is 14.7 Å². The molecule has 110 valence electrons. The second-order valence-corrected chi connectivity index (χ2v) is 6.05. The summed E-state index contributed by atoms with van der Waals surface area (Å²) in [7, 11) is 3.82. The molecule has 1 rings (SSSR count). The van der Waals surface area contributed by atoms with Crippen LogP contribution in [0.4, 0.5) is 5.69 Å². The lowest BCUT2D eigenvalue weighted by atomic mass is 9.86. The Morgan fingerprint density at radius 1 is 1.15 bits per heavy atom. The number of nitrogens with zero attached hydrogens (tertiary/aromatic N) is 1. The lowest BCUT2D eigenvalue weighted by Crippen LogP contribution is -2.49. The first kappa shape index (κ1) is 16.0. The van der Waals surface area contributed by atoms with Crippen molar-refractivity contribution in [2.75, 3.05) is 19.0 Å². The summed E-state index contributed by atoms with van der Waals surface area (Å²) in [5, 5.41) is 11.8. The molecule has 0 aliphatic carbocycles. The molecular weight excluding hydrogens is 256 g/mol. The molecule has 1 aromatic carbocycles. The largest absolute Gasteiger partial charge is 0.480 e. The molecule has 0 saturated carbocycles. The molecule has 0 heterocycles.